The van der Waals surface area contributed by atoms with Crippen molar-refractivity contribution in [2.45, 2.75) is 38.6 Å². The van der Waals surface area contributed by atoms with Gasteiger partial charge < -0.3 is 5.73 Å². The minimum absolute atomic E-state index is 0.219. The molecular formula is C9H15N3. The van der Waals surface area contributed by atoms with E-state index < -0.39 is 0 Å². The maximum Gasteiger partial charge on any atom is 0.0698 e. The van der Waals surface area contributed by atoms with Gasteiger partial charge in [0.15, 0.2) is 0 Å². The Hall–Kier alpha value is -0.830. The molecule has 1 atom stereocenters. The molecule has 0 radical (unpaired) electrons. The first kappa shape index (κ1) is 7.80. The molecule has 2 rings (SSSR count). The maximum absolute atomic E-state index is 5.97. The smallest absolute Gasteiger partial charge is 0.0698 e. The molecule has 0 aromatic carbocycles. The Morgan fingerprint density at radius 3 is 3.00 bits per heavy atom. The first-order chi connectivity index (χ1) is 5.70. The Labute approximate surface area is 72.4 Å². The van der Waals surface area contributed by atoms with Crippen molar-refractivity contribution in [3.8, 4) is 0 Å². The summed E-state index contributed by atoms with van der Waals surface area (Å²) < 4.78 is 0. The molecule has 1 aliphatic rings. The van der Waals surface area contributed by atoms with Crippen LogP contribution in [-0.2, 0) is 6.42 Å². The van der Waals surface area contributed by atoms with Gasteiger partial charge in [0, 0.05) is 17.3 Å². The van der Waals surface area contributed by atoms with E-state index >= 15 is 0 Å². The van der Waals surface area contributed by atoms with Crippen LogP contribution in [0.3, 0.4) is 0 Å². The van der Waals surface area contributed by atoms with Gasteiger partial charge in [0.1, 0.15) is 0 Å². The Kier molecular flexibility index (Phi) is 1.68. The summed E-state index contributed by atoms with van der Waals surface area (Å²) >= 11 is 0. The van der Waals surface area contributed by atoms with Crippen LogP contribution in [0.15, 0.2) is 0 Å². The zero-order valence-electron chi connectivity index (χ0n) is 7.59. The van der Waals surface area contributed by atoms with Crippen LogP contribution < -0.4 is 5.73 Å². The predicted octanol–water partition coefficient (Wildman–Crippen LogP) is 1.48. The average molecular weight is 165 g/mol. The summed E-state index contributed by atoms with van der Waals surface area (Å²) in [4.78, 5) is 0. The second kappa shape index (κ2) is 2.59. The number of hydrogen-bond donors (Lipinski definition) is 2. The van der Waals surface area contributed by atoms with Crippen molar-refractivity contribution in [2.24, 2.45) is 5.73 Å². The molecule has 0 bridgehead atoms. The highest BCUT2D eigenvalue weighted by molar-refractivity contribution is 5.34. The predicted molar refractivity (Wildman–Crippen MR) is 47.9 cm³/mol. The fourth-order valence-electron chi connectivity index (χ4n) is 1.89. The third-order valence-corrected chi connectivity index (χ3v) is 2.54. The van der Waals surface area contributed by atoms with Gasteiger partial charge in [0.2, 0.25) is 0 Å². The van der Waals surface area contributed by atoms with Gasteiger partial charge in [-0.3, -0.25) is 5.10 Å². The third kappa shape index (κ3) is 0.966. The second-order valence-corrected chi connectivity index (χ2v) is 3.80. The van der Waals surface area contributed by atoms with Gasteiger partial charge in [-0.05, 0) is 18.8 Å². The molecule has 12 heavy (non-hydrogen) atoms. The number of fused-ring (bicyclic) bond motifs is 1. The summed E-state index contributed by atoms with van der Waals surface area (Å²) in [7, 11) is 0. The lowest BCUT2D eigenvalue weighted by atomic mass is 10.0. The largest absolute Gasteiger partial charge is 0.324 e. The lowest BCUT2D eigenvalue weighted by molar-refractivity contribution is 0.677. The molecule has 1 aliphatic carbocycles. The van der Waals surface area contributed by atoms with Crippen LogP contribution in [-0.4, -0.2) is 10.2 Å². The van der Waals surface area contributed by atoms with Crippen LogP contribution in [0.2, 0.25) is 0 Å². The van der Waals surface area contributed by atoms with E-state index in [1.165, 1.54) is 11.3 Å². The zero-order valence-corrected chi connectivity index (χ0v) is 7.59. The summed E-state index contributed by atoms with van der Waals surface area (Å²) in [5, 5.41) is 7.35. The highest BCUT2D eigenvalue weighted by Gasteiger charge is 2.26. The molecule has 0 spiro atoms. The van der Waals surface area contributed by atoms with Crippen molar-refractivity contribution in [1.82, 2.24) is 10.2 Å². The van der Waals surface area contributed by atoms with Crippen molar-refractivity contribution in [1.29, 1.82) is 0 Å². The topological polar surface area (TPSA) is 54.7 Å². The monoisotopic (exact) mass is 165 g/mol. The van der Waals surface area contributed by atoms with Gasteiger partial charge in [-0.15, -0.1) is 0 Å². The van der Waals surface area contributed by atoms with Crippen LogP contribution in [0.1, 0.15) is 49.2 Å². The highest BCUT2D eigenvalue weighted by atomic mass is 15.1. The summed E-state index contributed by atoms with van der Waals surface area (Å²) in [5.41, 5.74) is 9.67. The van der Waals surface area contributed by atoms with Crippen molar-refractivity contribution in [3.63, 3.8) is 0 Å². The molecule has 0 amide bonds. The maximum atomic E-state index is 5.97. The van der Waals surface area contributed by atoms with Crippen LogP contribution in [0, 0.1) is 0 Å². The number of aromatic amines is 1. The number of rotatable bonds is 1. The Morgan fingerprint density at radius 1 is 1.58 bits per heavy atom. The minimum Gasteiger partial charge on any atom is -0.324 e. The highest BCUT2D eigenvalue weighted by Crippen LogP contribution is 2.33. The number of nitrogens with zero attached hydrogens (tertiary/aromatic N) is 1. The molecule has 1 unspecified atom stereocenters. The van der Waals surface area contributed by atoms with Crippen molar-refractivity contribution < 1.29 is 0 Å². The average Bonchev–Trinajstić information content (AvgIpc) is 2.53. The van der Waals surface area contributed by atoms with Gasteiger partial charge in [-0.25, -0.2) is 0 Å². The third-order valence-electron chi connectivity index (χ3n) is 2.54. The van der Waals surface area contributed by atoms with Gasteiger partial charge >= 0.3 is 0 Å². The van der Waals surface area contributed by atoms with E-state index in [4.69, 9.17) is 5.73 Å². The number of aromatic nitrogens is 2. The van der Waals surface area contributed by atoms with E-state index in [9.17, 15) is 0 Å². The molecular weight excluding hydrogens is 150 g/mol. The van der Waals surface area contributed by atoms with Crippen LogP contribution in [0.5, 0.6) is 0 Å². The zero-order chi connectivity index (χ0) is 8.72. The molecule has 3 N–H and O–H groups in total. The second-order valence-electron chi connectivity index (χ2n) is 3.80. The van der Waals surface area contributed by atoms with Crippen LogP contribution in [0.25, 0.3) is 0 Å². The standard InChI is InChI=1S/C9H15N3/c1-5(2)9-8-6(10)3-4-7(8)11-12-9/h5-6H,3-4,10H2,1-2H3,(H,11,12). The summed E-state index contributed by atoms with van der Waals surface area (Å²) in [6.45, 7) is 4.31. The Balaban J connectivity index is 2.46. The van der Waals surface area contributed by atoms with Crippen LogP contribution in [0.4, 0.5) is 0 Å². The molecule has 0 aliphatic heterocycles. The molecule has 1 heterocycles. The minimum atomic E-state index is 0.219. The van der Waals surface area contributed by atoms with Crippen molar-refractivity contribution in [3.05, 3.63) is 17.0 Å². The summed E-state index contributed by atoms with van der Waals surface area (Å²) in [5.74, 6) is 0.481. The first-order valence-electron chi connectivity index (χ1n) is 4.52. The summed E-state index contributed by atoms with van der Waals surface area (Å²) in [6.07, 6.45) is 2.14. The molecule has 66 valence electrons. The lowest BCUT2D eigenvalue weighted by Gasteiger charge is -2.07. The van der Waals surface area contributed by atoms with E-state index in [-0.39, 0.29) is 6.04 Å². The lowest BCUT2D eigenvalue weighted by Crippen LogP contribution is -2.08. The van der Waals surface area contributed by atoms with Crippen molar-refractivity contribution >= 4 is 0 Å². The molecule has 1 aromatic rings. The SMILES string of the molecule is CC(C)c1n[nH]c2c1C(N)CC2. The van der Waals surface area contributed by atoms with Gasteiger partial charge in [-0.1, -0.05) is 13.8 Å². The Morgan fingerprint density at radius 2 is 2.33 bits per heavy atom. The molecule has 0 fully saturated rings. The quantitative estimate of drug-likeness (QED) is 0.662. The van der Waals surface area contributed by atoms with Gasteiger partial charge in [-0.2, -0.15) is 5.10 Å². The van der Waals surface area contributed by atoms with Gasteiger partial charge in [0.25, 0.3) is 0 Å². The molecule has 3 heteroatoms. The van der Waals surface area contributed by atoms with E-state index in [0.717, 1.165) is 18.5 Å². The fraction of sp³-hybridized carbons (Fsp3) is 0.667. The van der Waals surface area contributed by atoms with E-state index in [2.05, 4.69) is 24.0 Å². The number of hydrogen-bond acceptors (Lipinski definition) is 2. The summed E-state index contributed by atoms with van der Waals surface area (Å²) in [6, 6.07) is 0.219. The molecule has 0 saturated carbocycles. The molecule has 3 nitrogen and oxygen atoms in total. The number of nitrogens with two attached hydrogens (primary N) is 1. The van der Waals surface area contributed by atoms with E-state index in [1.54, 1.807) is 0 Å². The van der Waals surface area contributed by atoms with Gasteiger partial charge in [0.05, 0.1) is 5.69 Å². The number of H-pyrrole nitrogens is 1. The normalized spacial score (nSPS) is 21.8. The molecule has 0 saturated heterocycles. The first-order valence-corrected chi connectivity index (χ1v) is 4.52. The number of aryl methyl sites for hydroxylation is 1. The Bertz CT molecular complexity index is 288. The number of nitrogens with one attached hydrogen (secondary N) is 1. The van der Waals surface area contributed by atoms with Crippen LogP contribution >= 0.6 is 0 Å². The van der Waals surface area contributed by atoms with E-state index in [0.29, 0.717) is 5.92 Å². The van der Waals surface area contributed by atoms with Crippen molar-refractivity contribution in [2.75, 3.05) is 0 Å². The van der Waals surface area contributed by atoms with E-state index in [1.807, 2.05) is 0 Å². The molecule has 1 aromatic heterocycles. The fourth-order valence-corrected chi connectivity index (χ4v) is 1.89.